The monoisotopic (exact) mass is 403 g/mol. The Morgan fingerprint density at radius 1 is 1.13 bits per heavy atom. The maximum atomic E-state index is 15.0. The van der Waals surface area contributed by atoms with Gasteiger partial charge in [-0.25, -0.2) is 9.37 Å². The lowest BCUT2D eigenvalue weighted by Gasteiger charge is -2.34. The zero-order chi connectivity index (χ0) is 20.7. The summed E-state index contributed by atoms with van der Waals surface area (Å²) in [5.74, 6) is 0.547. The van der Waals surface area contributed by atoms with Crippen molar-refractivity contribution in [1.29, 1.82) is 0 Å². The second kappa shape index (κ2) is 7.50. The number of fused-ring (bicyclic) bond motifs is 1. The molecule has 1 aromatic carbocycles. The number of nitrogens with zero attached hydrogens (tertiary/aromatic N) is 4. The number of H-pyrrole nitrogens is 1. The summed E-state index contributed by atoms with van der Waals surface area (Å²) in [5, 5.41) is 7.87. The summed E-state index contributed by atoms with van der Waals surface area (Å²) >= 11 is 0. The maximum Gasteiger partial charge on any atom is 0.131 e. The Kier molecular flexibility index (Phi) is 4.67. The Morgan fingerprint density at radius 2 is 2.03 bits per heavy atom. The summed E-state index contributed by atoms with van der Waals surface area (Å²) in [5.41, 5.74) is 4.42. The molecule has 1 saturated heterocycles. The fraction of sp³-hybridized carbons (Fsp3) is 0.261. The quantitative estimate of drug-likeness (QED) is 0.551. The van der Waals surface area contributed by atoms with Crippen LogP contribution in [-0.4, -0.2) is 46.0 Å². The molecular weight excluding hydrogens is 381 g/mol. The van der Waals surface area contributed by atoms with Crippen molar-refractivity contribution in [3.63, 3.8) is 0 Å². The van der Waals surface area contributed by atoms with E-state index in [1.165, 1.54) is 0 Å². The van der Waals surface area contributed by atoms with Crippen LogP contribution in [0.25, 0.3) is 33.4 Å². The van der Waals surface area contributed by atoms with Gasteiger partial charge in [0.25, 0.3) is 0 Å². The highest BCUT2D eigenvalue weighted by molar-refractivity contribution is 6.01. The van der Waals surface area contributed by atoms with Crippen molar-refractivity contribution >= 4 is 16.7 Å². The second-order valence-electron chi connectivity index (χ2n) is 7.65. The summed E-state index contributed by atoms with van der Waals surface area (Å²) in [6, 6.07) is 11.2. The topological polar surface area (TPSA) is 66.9 Å². The molecule has 152 valence electrons. The zero-order valence-corrected chi connectivity index (χ0v) is 16.9. The SMILES string of the molecule is Cc1ccc(-c2cc(N3CCOC[C@H]3C)nc3c(-c4ccn[nH]4)nccc23)c(F)c1. The summed E-state index contributed by atoms with van der Waals surface area (Å²) in [6.07, 6.45) is 3.41. The van der Waals surface area contributed by atoms with E-state index in [2.05, 4.69) is 27.0 Å². The van der Waals surface area contributed by atoms with Crippen LogP contribution in [0.3, 0.4) is 0 Å². The fourth-order valence-corrected chi connectivity index (χ4v) is 4.00. The first-order valence-electron chi connectivity index (χ1n) is 10.0. The van der Waals surface area contributed by atoms with Crippen LogP contribution in [0.15, 0.2) is 48.8 Å². The normalized spacial score (nSPS) is 16.9. The second-order valence-corrected chi connectivity index (χ2v) is 7.65. The average molecular weight is 403 g/mol. The van der Waals surface area contributed by atoms with Crippen molar-refractivity contribution in [2.75, 3.05) is 24.7 Å². The van der Waals surface area contributed by atoms with E-state index in [9.17, 15) is 0 Å². The molecule has 0 radical (unpaired) electrons. The molecule has 0 spiro atoms. The first kappa shape index (κ1) is 18.7. The van der Waals surface area contributed by atoms with Gasteiger partial charge in [0.15, 0.2) is 0 Å². The van der Waals surface area contributed by atoms with Crippen molar-refractivity contribution in [3.8, 4) is 22.5 Å². The highest BCUT2D eigenvalue weighted by Gasteiger charge is 2.23. The summed E-state index contributed by atoms with van der Waals surface area (Å²) in [4.78, 5) is 11.7. The number of aromatic amines is 1. The minimum absolute atomic E-state index is 0.173. The number of anilines is 1. The van der Waals surface area contributed by atoms with Crippen LogP contribution in [0.1, 0.15) is 12.5 Å². The lowest BCUT2D eigenvalue weighted by molar-refractivity contribution is 0.0986. The Hall–Kier alpha value is -3.32. The molecule has 0 unspecified atom stereocenters. The molecule has 1 aliphatic heterocycles. The maximum absolute atomic E-state index is 15.0. The van der Waals surface area contributed by atoms with Gasteiger partial charge in [0, 0.05) is 29.9 Å². The number of pyridine rings is 2. The molecule has 4 heterocycles. The molecule has 4 aromatic rings. The molecule has 6 nitrogen and oxygen atoms in total. The number of aryl methyl sites for hydroxylation is 1. The molecule has 5 rings (SSSR count). The molecule has 1 aliphatic rings. The largest absolute Gasteiger partial charge is 0.377 e. The minimum Gasteiger partial charge on any atom is -0.377 e. The first-order chi connectivity index (χ1) is 14.6. The number of rotatable bonds is 3. The number of hydrogen-bond acceptors (Lipinski definition) is 5. The first-order valence-corrected chi connectivity index (χ1v) is 10.0. The molecule has 7 heteroatoms. The number of aromatic nitrogens is 4. The number of nitrogens with one attached hydrogen (secondary N) is 1. The van der Waals surface area contributed by atoms with Crippen LogP contribution in [0.5, 0.6) is 0 Å². The summed E-state index contributed by atoms with van der Waals surface area (Å²) in [7, 11) is 0. The van der Waals surface area contributed by atoms with Crippen molar-refractivity contribution < 1.29 is 9.13 Å². The van der Waals surface area contributed by atoms with E-state index < -0.39 is 0 Å². The van der Waals surface area contributed by atoms with Crippen LogP contribution in [0, 0.1) is 12.7 Å². The average Bonchev–Trinajstić information content (AvgIpc) is 3.28. The lowest BCUT2D eigenvalue weighted by atomic mass is 9.98. The fourth-order valence-electron chi connectivity index (χ4n) is 4.00. The molecule has 1 atom stereocenters. The molecule has 0 aliphatic carbocycles. The van der Waals surface area contributed by atoms with E-state index >= 15 is 4.39 Å². The van der Waals surface area contributed by atoms with E-state index in [0.717, 1.165) is 34.6 Å². The van der Waals surface area contributed by atoms with Gasteiger partial charge in [0.05, 0.1) is 24.9 Å². The van der Waals surface area contributed by atoms with Crippen molar-refractivity contribution in [3.05, 3.63) is 60.2 Å². The summed E-state index contributed by atoms with van der Waals surface area (Å²) < 4.78 is 20.6. The van der Waals surface area contributed by atoms with Gasteiger partial charge < -0.3 is 9.64 Å². The van der Waals surface area contributed by atoms with Crippen molar-refractivity contribution in [1.82, 2.24) is 20.2 Å². The van der Waals surface area contributed by atoms with Crippen LogP contribution in [0.4, 0.5) is 10.2 Å². The highest BCUT2D eigenvalue weighted by atomic mass is 19.1. The number of ether oxygens (including phenoxy) is 1. The van der Waals surface area contributed by atoms with E-state index in [1.54, 1.807) is 18.5 Å². The van der Waals surface area contributed by atoms with Gasteiger partial charge in [-0.15, -0.1) is 0 Å². The van der Waals surface area contributed by atoms with Gasteiger partial charge >= 0.3 is 0 Å². The predicted molar refractivity (Wildman–Crippen MR) is 115 cm³/mol. The molecule has 0 saturated carbocycles. The van der Waals surface area contributed by atoms with Crippen LogP contribution >= 0.6 is 0 Å². The number of halogens is 1. The molecule has 1 fully saturated rings. The minimum atomic E-state index is -0.247. The number of hydrogen-bond donors (Lipinski definition) is 1. The van der Waals surface area contributed by atoms with Gasteiger partial charge in [-0.2, -0.15) is 5.10 Å². The predicted octanol–water partition coefficient (Wildman–Crippen LogP) is 4.36. The van der Waals surface area contributed by atoms with Crippen LogP contribution < -0.4 is 4.90 Å². The molecule has 0 amide bonds. The number of morpholine rings is 1. The van der Waals surface area contributed by atoms with E-state index in [4.69, 9.17) is 9.72 Å². The zero-order valence-electron chi connectivity index (χ0n) is 16.9. The third-order valence-electron chi connectivity index (χ3n) is 5.55. The van der Waals surface area contributed by atoms with Crippen molar-refractivity contribution in [2.24, 2.45) is 0 Å². The standard InChI is InChI=1S/C23H22FN5O/c1-14-3-4-16(19(24)11-14)18-12-21(29-9-10-30-13-15(29)2)27-22-17(18)5-7-25-23(22)20-6-8-26-28-20/h3-8,11-12,15H,9-10,13H2,1-2H3,(H,26,28)/t15-/m1/s1. The van der Waals surface area contributed by atoms with Gasteiger partial charge in [0.2, 0.25) is 0 Å². The van der Waals surface area contributed by atoms with E-state index in [0.29, 0.717) is 30.0 Å². The van der Waals surface area contributed by atoms with E-state index in [-0.39, 0.29) is 11.9 Å². The van der Waals surface area contributed by atoms with E-state index in [1.807, 2.05) is 37.3 Å². The lowest BCUT2D eigenvalue weighted by Crippen LogP contribution is -2.44. The van der Waals surface area contributed by atoms with Crippen LogP contribution in [0.2, 0.25) is 0 Å². The van der Waals surface area contributed by atoms with Crippen molar-refractivity contribution in [2.45, 2.75) is 19.9 Å². The molecule has 0 bridgehead atoms. The molecule has 1 N–H and O–H groups in total. The van der Waals surface area contributed by atoms with Crippen LogP contribution in [-0.2, 0) is 4.74 Å². The summed E-state index contributed by atoms with van der Waals surface area (Å²) in [6.45, 7) is 6.00. The number of benzene rings is 1. The third-order valence-corrected chi connectivity index (χ3v) is 5.55. The Bertz CT molecular complexity index is 1210. The highest BCUT2D eigenvalue weighted by Crippen LogP contribution is 2.36. The van der Waals surface area contributed by atoms with Gasteiger partial charge in [0.1, 0.15) is 22.8 Å². The Balaban J connectivity index is 1.80. The smallest absolute Gasteiger partial charge is 0.131 e. The molecule has 30 heavy (non-hydrogen) atoms. The van der Waals surface area contributed by atoms with Gasteiger partial charge in [-0.3, -0.25) is 10.1 Å². The molecule has 3 aromatic heterocycles. The Morgan fingerprint density at radius 3 is 2.80 bits per heavy atom. The molecular formula is C23H22FN5O. The third kappa shape index (κ3) is 3.21. The van der Waals surface area contributed by atoms with Gasteiger partial charge in [-0.1, -0.05) is 12.1 Å². The Labute approximate surface area is 173 Å². The van der Waals surface area contributed by atoms with Gasteiger partial charge in [-0.05, 0) is 49.2 Å².